The fourth-order valence-electron chi connectivity index (χ4n) is 3.31. The van der Waals surface area contributed by atoms with E-state index in [1.54, 1.807) is 0 Å². The number of piperazine rings is 1. The molecule has 1 aromatic carbocycles. The number of hydrogen-bond donors (Lipinski definition) is 0. The van der Waals surface area contributed by atoms with Crippen LogP contribution in [0.2, 0.25) is 0 Å². The third-order valence-electron chi connectivity index (χ3n) is 4.57. The molecule has 3 heterocycles. The molecular weight excluding hydrogens is 316 g/mol. The van der Waals surface area contributed by atoms with Crippen LogP contribution < -0.4 is 4.90 Å². The van der Waals surface area contributed by atoms with Gasteiger partial charge in [-0.2, -0.15) is 0 Å². The molecule has 0 atom stereocenters. The monoisotopic (exact) mass is 338 g/mol. The zero-order valence-corrected chi connectivity index (χ0v) is 15.0. The van der Waals surface area contributed by atoms with E-state index in [1.807, 2.05) is 23.6 Å². The van der Waals surface area contributed by atoms with Crippen molar-refractivity contribution in [3.8, 4) is 0 Å². The highest BCUT2D eigenvalue weighted by molar-refractivity contribution is 7.22. The Kier molecular flexibility index (Phi) is 4.21. The lowest BCUT2D eigenvalue weighted by Crippen LogP contribution is -2.46. The molecule has 0 N–H and O–H groups in total. The Labute approximate surface area is 146 Å². The van der Waals surface area contributed by atoms with E-state index in [2.05, 4.69) is 52.9 Å². The van der Waals surface area contributed by atoms with E-state index in [0.29, 0.717) is 0 Å². The van der Waals surface area contributed by atoms with Crippen LogP contribution in [-0.4, -0.2) is 41.0 Å². The van der Waals surface area contributed by atoms with Crippen molar-refractivity contribution in [3.63, 3.8) is 0 Å². The Morgan fingerprint density at radius 2 is 1.92 bits per heavy atom. The van der Waals surface area contributed by atoms with Crippen molar-refractivity contribution in [2.24, 2.45) is 0 Å². The Morgan fingerprint density at radius 3 is 2.67 bits per heavy atom. The van der Waals surface area contributed by atoms with Crippen molar-refractivity contribution in [1.29, 1.82) is 0 Å². The number of anilines is 1. The second kappa shape index (κ2) is 6.49. The van der Waals surface area contributed by atoms with Crippen LogP contribution >= 0.6 is 11.3 Å². The van der Waals surface area contributed by atoms with Gasteiger partial charge in [-0.3, -0.25) is 9.88 Å². The predicted octanol–water partition coefficient (Wildman–Crippen LogP) is 3.63. The van der Waals surface area contributed by atoms with Crippen molar-refractivity contribution in [3.05, 3.63) is 53.3 Å². The standard InChI is InChI=1S/C19H22N4S/c1-14-11-15(2)18-17(12-14)24-19(21-18)23-9-7-22(8-10-23)13-16-5-3-4-6-20-16/h3-6,11-12H,7-10,13H2,1-2H3. The Bertz CT molecular complexity index is 835. The summed E-state index contributed by atoms with van der Waals surface area (Å²) in [6.07, 6.45) is 1.87. The Balaban J connectivity index is 1.45. The lowest BCUT2D eigenvalue weighted by Gasteiger charge is -2.34. The third-order valence-corrected chi connectivity index (χ3v) is 5.64. The van der Waals surface area contributed by atoms with E-state index in [0.717, 1.165) is 49.1 Å². The summed E-state index contributed by atoms with van der Waals surface area (Å²) in [6.45, 7) is 9.43. The first-order valence-corrected chi connectivity index (χ1v) is 9.26. The zero-order valence-electron chi connectivity index (χ0n) is 14.2. The molecule has 4 nitrogen and oxygen atoms in total. The smallest absolute Gasteiger partial charge is 0.186 e. The van der Waals surface area contributed by atoms with Gasteiger partial charge in [0.15, 0.2) is 5.13 Å². The van der Waals surface area contributed by atoms with Crippen molar-refractivity contribution in [2.75, 3.05) is 31.1 Å². The van der Waals surface area contributed by atoms with Crippen LogP contribution in [0.3, 0.4) is 0 Å². The third kappa shape index (κ3) is 3.14. The van der Waals surface area contributed by atoms with Gasteiger partial charge in [-0.15, -0.1) is 0 Å². The second-order valence-electron chi connectivity index (χ2n) is 6.51. The Morgan fingerprint density at radius 1 is 1.08 bits per heavy atom. The molecule has 1 saturated heterocycles. The number of aryl methyl sites for hydroxylation is 2. The maximum atomic E-state index is 4.90. The van der Waals surface area contributed by atoms with Gasteiger partial charge < -0.3 is 4.90 Å². The molecule has 0 unspecified atom stereocenters. The molecule has 1 aliphatic heterocycles. The van der Waals surface area contributed by atoms with Gasteiger partial charge in [-0.05, 0) is 43.2 Å². The number of rotatable bonds is 3. The molecule has 1 aliphatic rings. The molecule has 4 rings (SSSR count). The molecule has 0 saturated carbocycles. The summed E-state index contributed by atoms with van der Waals surface area (Å²) < 4.78 is 1.30. The van der Waals surface area contributed by atoms with Gasteiger partial charge in [0, 0.05) is 38.9 Å². The van der Waals surface area contributed by atoms with Gasteiger partial charge in [-0.1, -0.05) is 23.5 Å². The minimum absolute atomic E-state index is 0.937. The van der Waals surface area contributed by atoms with Crippen molar-refractivity contribution in [1.82, 2.24) is 14.9 Å². The topological polar surface area (TPSA) is 32.3 Å². The molecule has 0 aliphatic carbocycles. The number of thiazole rings is 1. The fourth-order valence-corrected chi connectivity index (χ4v) is 4.51. The minimum Gasteiger partial charge on any atom is -0.345 e. The summed E-state index contributed by atoms with van der Waals surface area (Å²) in [5.41, 5.74) is 4.91. The van der Waals surface area contributed by atoms with E-state index in [9.17, 15) is 0 Å². The van der Waals surface area contributed by atoms with Crippen LogP contribution in [-0.2, 0) is 6.54 Å². The van der Waals surface area contributed by atoms with E-state index in [-0.39, 0.29) is 0 Å². The second-order valence-corrected chi connectivity index (χ2v) is 7.52. The SMILES string of the molecule is Cc1cc(C)c2nc(N3CCN(Cc4ccccn4)CC3)sc2c1. The van der Waals surface area contributed by atoms with E-state index < -0.39 is 0 Å². The van der Waals surface area contributed by atoms with Crippen LogP contribution in [0.15, 0.2) is 36.5 Å². The van der Waals surface area contributed by atoms with Crippen LogP contribution in [0.1, 0.15) is 16.8 Å². The number of fused-ring (bicyclic) bond motifs is 1. The summed E-state index contributed by atoms with van der Waals surface area (Å²) >= 11 is 1.82. The molecule has 2 aromatic heterocycles. The fraction of sp³-hybridized carbons (Fsp3) is 0.368. The van der Waals surface area contributed by atoms with Crippen molar-refractivity contribution < 1.29 is 0 Å². The summed E-state index contributed by atoms with van der Waals surface area (Å²) in [5.74, 6) is 0. The number of pyridine rings is 1. The normalized spacial score (nSPS) is 16.0. The van der Waals surface area contributed by atoms with Gasteiger partial charge >= 0.3 is 0 Å². The number of hydrogen-bond acceptors (Lipinski definition) is 5. The first-order chi connectivity index (χ1) is 11.7. The average molecular weight is 338 g/mol. The van der Waals surface area contributed by atoms with E-state index >= 15 is 0 Å². The Hall–Kier alpha value is -1.98. The van der Waals surface area contributed by atoms with Crippen LogP contribution in [0.4, 0.5) is 5.13 Å². The maximum absolute atomic E-state index is 4.90. The first kappa shape index (κ1) is 15.5. The summed E-state index contributed by atoms with van der Waals surface area (Å²) in [7, 11) is 0. The molecule has 124 valence electrons. The average Bonchev–Trinajstić information content (AvgIpc) is 3.01. The van der Waals surface area contributed by atoms with Crippen molar-refractivity contribution in [2.45, 2.75) is 20.4 Å². The van der Waals surface area contributed by atoms with Crippen LogP contribution in [0.5, 0.6) is 0 Å². The summed E-state index contributed by atoms with van der Waals surface area (Å²) in [5, 5.41) is 1.16. The highest BCUT2D eigenvalue weighted by atomic mass is 32.1. The molecule has 5 heteroatoms. The molecule has 0 spiro atoms. The maximum Gasteiger partial charge on any atom is 0.186 e. The molecular formula is C19H22N4S. The van der Waals surface area contributed by atoms with E-state index in [1.165, 1.54) is 15.8 Å². The van der Waals surface area contributed by atoms with Gasteiger partial charge in [0.1, 0.15) is 0 Å². The molecule has 0 radical (unpaired) electrons. The van der Waals surface area contributed by atoms with Crippen LogP contribution in [0, 0.1) is 13.8 Å². The minimum atomic E-state index is 0.937. The molecule has 0 amide bonds. The lowest BCUT2D eigenvalue weighted by atomic mass is 10.1. The predicted molar refractivity (Wildman–Crippen MR) is 101 cm³/mol. The van der Waals surface area contributed by atoms with Gasteiger partial charge in [-0.25, -0.2) is 4.98 Å². The van der Waals surface area contributed by atoms with Crippen LogP contribution in [0.25, 0.3) is 10.2 Å². The highest BCUT2D eigenvalue weighted by Gasteiger charge is 2.20. The molecule has 1 fully saturated rings. The van der Waals surface area contributed by atoms with Gasteiger partial charge in [0.05, 0.1) is 15.9 Å². The number of benzene rings is 1. The van der Waals surface area contributed by atoms with Gasteiger partial charge in [0.2, 0.25) is 0 Å². The number of nitrogens with zero attached hydrogens (tertiary/aromatic N) is 4. The highest BCUT2D eigenvalue weighted by Crippen LogP contribution is 2.32. The molecule has 0 bridgehead atoms. The molecule has 24 heavy (non-hydrogen) atoms. The van der Waals surface area contributed by atoms with Crippen molar-refractivity contribution >= 4 is 26.7 Å². The molecule has 3 aromatic rings. The summed E-state index contributed by atoms with van der Waals surface area (Å²) in [4.78, 5) is 14.2. The van der Waals surface area contributed by atoms with E-state index in [4.69, 9.17) is 4.98 Å². The first-order valence-electron chi connectivity index (χ1n) is 8.44. The zero-order chi connectivity index (χ0) is 16.5. The van der Waals surface area contributed by atoms with Gasteiger partial charge in [0.25, 0.3) is 0 Å². The quantitative estimate of drug-likeness (QED) is 0.730. The summed E-state index contributed by atoms with van der Waals surface area (Å²) in [6, 6.07) is 10.6. The number of aromatic nitrogens is 2. The lowest BCUT2D eigenvalue weighted by molar-refractivity contribution is 0.247. The largest absolute Gasteiger partial charge is 0.345 e.